The number of hydrogen-bond donors (Lipinski definition) is 9. The van der Waals surface area contributed by atoms with Crippen LogP contribution < -0.4 is 68.9 Å². The minimum Gasteiger partial charge on any atom is -0.496 e. The lowest BCUT2D eigenvalue weighted by molar-refractivity contribution is -0.137. The van der Waals surface area contributed by atoms with Gasteiger partial charge in [-0.2, -0.15) is 13.2 Å². The maximum atomic E-state index is 13.1. The van der Waals surface area contributed by atoms with E-state index in [1.807, 2.05) is 54.6 Å². The molecule has 1 aliphatic heterocycles. The van der Waals surface area contributed by atoms with Crippen molar-refractivity contribution in [3.8, 4) is 17.2 Å². The van der Waals surface area contributed by atoms with E-state index < -0.39 is 38.9 Å². The summed E-state index contributed by atoms with van der Waals surface area (Å²) in [6.45, 7) is 26.7. The van der Waals surface area contributed by atoms with Crippen LogP contribution in [-0.2, 0) is 60.3 Å². The van der Waals surface area contributed by atoms with Crippen LogP contribution in [0.1, 0.15) is 97.1 Å². The van der Waals surface area contributed by atoms with Crippen molar-refractivity contribution in [1.29, 1.82) is 0 Å². The second-order valence-corrected chi connectivity index (χ2v) is 24.7. The van der Waals surface area contributed by atoms with Crippen LogP contribution in [0, 0.1) is 11.2 Å². The van der Waals surface area contributed by atoms with Gasteiger partial charge in [-0.3, -0.25) is 24.3 Å². The van der Waals surface area contributed by atoms with Gasteiger partial charge in [0, 0.05) is 84.2 Å². The molecule has 0 bridgehead atoms. The second kappa shape index (κ2) is 38.4. The molecular weight excluding hydrogens is 1240 g/mol. The fourth-order valence-corrected chi connectivity index (χ4v) is 9.11. The van der Waals surface area contributed by atoms with Gasteiger partial charge >= 0.3 is 12.3 Å². The normalized spacial score (nSPS) is 12.1. The van der Waals surface area contributed by atoms with Gasteiger partial charge in [0.05, 0.1) is 62.5 Å². The molecule has 0 spiro atoms. The molecule has 520 valence electrons. The van der Waals surface area contributed by atoms with E-state index in [0.29, 0.717) is 36.0 Å². The molecule has 27 heteroatoms. The summed E-state index contributed by atoms with van der Waals surface area (Å²) in [5.74, 6) is 1.06. The Labute approximate surface area is 551 Å². The van der Waals surface area contributed by atoms with Crippen LogP contribution in [0.4, 0.5) is 73.5 Å². The number of nitrogens with two attached hydrogens (primary N) is 6. The van der Waals surface area contributed by atoms with Crippen molar-refractivity contribution in [2.75, 3.05) is 131 Å². The number of fused-ring (bicyclic) bond motifs is 1. The number of carbonyl (C=O) groups excluding carboxylic acids is 3. The molecule has 94 heavy (non-hydrogen) atoms. The summed E-state index contributed by atoms with van der Waals surface area (Å²) >= 11 is 0. The molecular formula is C67H98F4N12O10S. The maximum absolute atomic E-state index is 13.1. The molecule has 0 unspecified atom stereocenters. The summed E-state index contributed by atoms with van der Waals surface area (Å²) < 4.78 is 99.6. The van der Waals surface area contributed by atoms with E-state index in [1.165, 1.54) is 25.3 Å². The van der Waals surface area contributed by atoms with Gasteiger partial charge in [0.25, 0.3) is 0 Å². The second-order valence-electron chi connectivity index (χ2n) is 22.9. The molecule has 0 saturated heterocycles. The fraction of sp³-hybridized carbons (Fsp3) is 0.418. The summed E-state index contributed by atoms with van der Waals surface area (Å²) in [7, 11) is 3.20. The maximum Gasteiger partial charge on any atom is 0.416 e. The molecule has 22 nitrogen and oxygen atoms in total. The van der Waals surface area contributed by atoms with E-state index >= 15 is 0 Å². The first kappa shape index (κ1) is 81.3. The number of amides is 3. The average molecular weight is 1340 g/mol. The van der Waals surface area contributed by atoms with Crippen molar-refractivity contribution in [3.05, 3.63) is 143 Å². The highest BCUT2D eigenvalue weighted by Gasteiger charge is 2.39. The van der Waals surface area contributed by atoms with Crippen LogP contribution in [0.2, 0.25) is 0 Å². The van der Waals surface area contributed by atoms with Gasteiger partial charge < -0.3 is 68.7 Å². The smallest absolute Gasteiger partial charge is 0.416 e. The predicted molar refractivity (Wildman–Crippen MR) is 371 cm³/mol. The van der Waals surface area contributed by atoms with Crippen molar-refractivity contribution in [1.82, 2.24) is 14.5 Å². The van der Waals surface area contributed by atoms with E-state index in [-0.39, 0.29) is 47.6 Å². The SMILES string of the molecule is CC(C)(C)C(=O)Nc1ccc(C(F)(F)F)cc1N.CCN(CC)Cc1cc(N)ccc1OC.CCN(CC)Cc1cc(OC)c(OC)cc1N.CCOC(=O)N1CC(C)(C)c2ccc(N)cc21.COCC(=O)Nc1cc(N)ccc1F.CS(=O)(=O)NCc1cccc(N)c1. The van der Waals surface area contributed by atoms with Gasteiger partial charge in [0.2, 0.25) is 21.8 Å². The zero-order chi connectivity index (χ0) is 71.3. The van der Waals surface area contributed by atoms with Crippen LogP contribution in [0.15, 0.2) is 109 Å². The molecule has 1 aliphatic rings. The molecule has 0 saturated carbocycles. The number of nitrogen functional groups attached to an aromatic ring is 6. The van der Waals surface area contributed by atoms with Crippen molar-refractivity contribution in [2.45, 2.75) is 100 Å². The van der Waals surface area contributed by atoms with Gasteiger partial charge in [-0.25, -0.2) is 22.3 Å². The lowest BCUT2D eigenvalue weighted by atomic mass is 9.87. The molecule has 0 atom stereocenters. The zero-order valence-corrected chi connectivity index (χ0v) is 57.6. The molecule has 0 aromatic heterocycles. The molecule has 0 radical (unpaired) electrons. The largest absolute Gasteiger partial charge is 0.496 e. The van der Waals surface area contributed by atoms with Crippen LogP contribution in [0.25, 0.3) is 0 Å². The number of alkyl halides is 3. The fourth-order valence-electron chi connectivity index (χ4n) is 8.68. The van der Waals surface area contributed by atoms with E-state index in [1.54, 1.807) is 72.1 Å². The third-order valence-electron chi connectivity index (χ3n) is 13.9. The number of methoxy groups -OCH3 is 4. The highest BCUT2D eigenvalue weighted by molar-refractivity contribution is 7.88. The standard InChI is InChI=1S/C13H18N2O2.C13H22N2O2.C12H15F3N2O.C12H20N2O.C9H11FN2O2.C8H12N2O2S/c1-4-17-12(16)15-8-13(2,3)10-6-5-9(14)7-11(10)15;1-5-15(6-2)9-10-7-12(16-3)13(17-4)8-11(10)14;1-11(2,3)10(18)17-9-5-4-7(6-8(9)16)12(13,14)15;1-4-14(5-2)9-10-8-11(13)6-7-12(10)15-3;1-14-5-9(13)12-8-4-6(11)2-3-7(8)10;1-13(11,12)10-6-7-3-2-4-8(9)5-7/h5-7H,4,8,14H2,1-3H3;7-8H,5-6,9,14H2,1-4H3;4-6H,16H2,1-3H3,(H,17,18);6-8H,4-5,9,13H2,1-3H3;2-4H,5,11H2,1H3,(H,12,13);2-5,10H,6,9H2,1H3. The number of nitrogens with one attached hydrogen (secondary N) is 3. The molecule has 1 heterocycles. The Morgan fingerprint density at radius 3 is 1.69 bits per heavy atom. The van der Waals surface area contributed by atoms with Gasteiger partial charge in [0.15, 0.2) is 11.5 Å². The first-order valence-corrected chi connectivity index (χ1v) is 32.0. The first-order valence-electron chi connectivity index (χ1n) is 30.1. The van der Waals surface area contributed by atoms with Gasteiger partial charge in [-0.15, -0.1) is 0 Å². The number of ether oxygens (including phenoxy) is 5. The van der Waals surface area contributed by atoms with Crippen LogP contribution in [0.3, 0.4) is 0 Å². The summed E-state index contributed by atoms with van der Waals surface area (Å²) in [6, 6.07) is 29.1. The number of halogens is 4. The highest BCUT2D eigenvalue weighted by Crippen LogP contribution is 2.42. The van der Waals surface area contributed by atoms with Crippen molar-refractivity contribution in [2.24, 2.45) is 5.41 Å². The van der Waals surface area contributed by atoms with Gasteiger partial charge in [0.1, 0.15) is 18.2 Å². The Bertz CT molecular complexity index is 3490. The van der Waals surface area contributed by atoms with Crippen LogP contribution in [-0.4, -0.2) is 117 Å². The van der Waals surface area contributed by atoms with Crippen molar-refractivity contribution < 1.29 is 64.0 Å². The van der Waals surface area contributed by atoms with E-state index in [0.717, 1.165) is 115 Å². The third-order valence-corrected chi connectivity index (χ3v) is 14.6. The minimum atomic E-state index is -4.44. The average Bonchev–Trinajstić information content (AvgIpc) is 1.61. The zero-order valence-electron chi connectivity index (χ0n) is 56.8. The Hall–Kier alpha value is -8.76. The molecule has 7 rings (SSSR count). The lowest BCUT2D eigenvalue weighted by Crippen LogP contribution is -2.34. The topological polar surface area (TPSA) is 333 Å². The predicted octanol–water partition coefficient (Wildman–Crippen LogP) is 11.4. The Balaban J connectivity index is 0.000000385. The molecule has 0 aliphatic carbocycles. The molecule has 6 aromatic carbocycles. The number of benzene rings is 6. The highest BCUT2D eigenvalue weighted by atomic mass is 32.2. The van der Waals surface area contributed by atoms with Crippen molar-refractivity contribution in [3.63, 3.8) is 0 Å². The monoisotopic (exact) mass is 1340 g/mol. The van der Waals surface area contributed by atoms with Gasteiger partial charge in [-0.05, 0) is 135 Å². The van der Waals surface area contributed by atoms with Crippen LogP contribution in [0.5, 0.6) is 17.2 Å². The number of carbonyl (C=O) groups is 3. The number of sulfonamides is 1. The molecule has 0 fully saturated rings. The number of nitrogens with zero attached hydrogens (tertiary/aromatic N) is 3. The van der Waals surface area contributed by atoms with E-state index in [9.17, 15) is 40.4 Å². The third kappa shape index (κ3) is 27.8. The Morgan fingerprint density at radius 2 is 1.17 bits per heavy atom. The van der Waals surface area contributed by atoms with Gasteiger partial charge in [-0.1, -0.05) is 80.5 Å². The molecule has 15 N–H and O–H groups in total. The first-order chi connectivity index (χ1) is 43.9. The quantitative estimate of drug-likeness (QED) is 0.0269. The van der Waals surface area contributed by atoms with E-state index in [4.69, 9.17) is 53.3 Å². The Morgan fingerprint density at radius 1 is 0.628 bits per heavy atom. The van der Waals surface area contributed by atoms with Crippen molar-refractivity contribution >= 4 is 79.1 Å². The number of anilines is 9. The lowest BCUT2D eigenvalue weighted by Gasteiger charge is -2.20. The van der Waals surface area contributed by atoms with E-state index in [2.05, 4.69) is 71.4 Å². The van der Waals surface area contributed by atoms with Crippen LogP contribution >= 0.6 is 0 Å². The number of hydrogen-bond acceptors (Lipinski definition) is 18. The summed E-state index contributed by atoms with van der Waals surface area (Å²) in [6.07, 6.45) is -3.62. The molecule has 6 aromatic rings. The summed E-state index contributed by atoms with van der Waals surface area (Å²) in [4.78, 5) is 40.9. The Kier molecular flexibility index (Phi) is 33.3. The summed E-state index contributed by atoms with van der Waals surface area (Å²) in [5, 5.41) is 4.83. The number of rotatable bonds is 19. The minimum absolute atomic E-state index is 0.0597. The molecule has 3 amide bonds. The summed E-state index contributed by atoms with van der Waals surface area (Å²) in [5.41, 5.74) is 40.9.